The minimum Gasteiger partial charge on any atom is -0.443 e. The van der Waals surface area contributed by atoms with Gasteiger partial charge >= 0.3 is 0 Å². The average molecular weight is 245 g/mol. The van der Waals surface area contributed by atoms with Crippen LogP contribution in [0.1, 0.15) is 5.69 Å². The molecule has 0 aromatic carbocycles. The molecule has 6 heteroatoms. The number of pyridine rings is 1. The van der Waals surface area contributed by atoms with Crippen molar-refractivity contribution in [2.45, 2.75) is 6.61 Å². The molecule has 2 rings (SSSR count). The lowest BCUT2D eigenvalue weighted by Crippen LogP contribution is -1.88. The Morgan fingerprint density at radius 2 is 2.13 bits per heavy atom. The molecule has 0 aliphatic rings. The van der Waals surface area contributed by atoms with Gasteiger partial charge in [0, 0.05) is 11.8 Å². The maximum atomic E-state index is 8.99. The number of oxazole rings is 1. The fourth-order valence-corrected chi connectivity index (χ4v) is 1.43. The van der Waals surface area contributed by atoms with E-state index in [2.05, 4.69) is 9.97 Å². The molecule has 0 amide bonds. The van der Waals surface area contributed by atoms with Crippen molar-refractivity contribution in [2.75, 3.05) is 0 Å². The van der Waals surface area contributed by atoms with Crippen molar-refractivity contribution in [1.29, 1.82) is 0 Å². The van der Waals surface area contributed by atoms with Crippen LogP contribution < -0.4 is 0 Å². The monoisotopic (exact) mass is 244 g/mol. The van der Waals surface area contributed by atoms with Gasteiger partial charge in [0.15, 0.2) is 12.2 Å². The predicted molar refractivity (Wildman–Crippen MR) is 55.7 cm³/mol. The molecule has 2 aromatic heterocycles. The number of aromatic nitrogens is 2. The summed E-state index contributed by atoms with van der Waals surface area (Å²) in [6.07, 6.45) is 2.76. The second kappa shape index (κ2) is 4.18. The summed E-state index contributed by atoms with van der Waals surface area (Å²) in [6, 6.07) is 1.61. The van der Waals surface area contributed by atoms with E-state index in [0.29, 0.717) is 22.0 Å². The molecule has 0 radical (unpaired) electrons. The summed E-state index contributed by atoms with van der Waals surface area (Å²) in [4.78, 5) is 7.72. The molecule has 2 aromatic rings. The Hall–Kier alpha value is -1.10. The van der Waals surface area contributed by atoms with Gasteiger partial charge in [-0.1, -0.05) is 23.2 Å². The molecule has 0 atom stereocenters. The van der Waals surface area contributed by atoms with Crippen LogP contribution in [0.5, 0.6) is 0 Å². The molecule has 4 nitrogen and oxygen atoms in total. The second-order valence-electron chi connectivity index (χ2n) is 2.78. The van der Waals surface area contributed by atoms with E-state index in [0.717, 1.165) is 0 Å². The molecule has 0 aliphatic carbocycles. The number of rotatable bonds is 2. The maximum Gasteiger partial charge on any atom is 0.181 e. The van der Waals surface area contributed by atoms with Gasteiger partial charge in [-0.05, 0) is 6.07 Å². The van der Waals surface area contributed by atoms with Gasteiger partial charge in [0.1, 0.15) is 10.8 Å². The van der Waals surface area contributed by atoms with Gasteiger partial charge in [-0.2, -0.15) is 0 Å². The van der Waals surface area contributed by atoms with E-state index in [-0.39, 0.29) is 11.8 Å². The summed E-state index contributed by atoms with van der Waals surface area (Å²) in [7, 11) is 0. The molecule has 0 spiro atoms. The first kappa shape index (κ1) is 10.4. The Balaban J connectivity index is 2.50. The summed E-state index contributed by atoms with van der Waals surface area (Å²) in [6.45, 7) is -0.202. The number of aliphatic hydroxyl groups excluding tert-OH is 1. The fraction of sp³-hybridized carbons (Fsp3) is 0.111. The smallest absolute Gasteiger partial charge is 0.181 e. The lowest BCUT2D eigenvalue weighted by molar-refractivity contribution is 0.277. The first-order valence-electron chi connectivity index (χ1n) is 4.07. The molecule has 0 unspecified atom stereocenters. The maximum absolute atomic E-state index is 8.99. The summed E-state index contributed by atoms with van der Waals surface area (Å²) < 4.78 is 5.12. The number of halogens is 2. The Morgan fingerprint density at radius 1 is 1.33 bits per heavy atom. The standard InChI is InChI=1S/C9H6Cl2N2O2/c10-6-1-5(2-12-9(6)11)8-7(3-14)13-4-15-8/h1-2,4,14H,3H2. The minimum absolute atomic E-state index is 0.202. The van der Waals surface area contributed by atoms with Crippen LogP contribution in [0.4, 0.5) is 0 Å². The third-order valence-corrected chi connectivity index (χ3v) is 2.54. The fourth-order valence-electron chi connectivity index (χ4n) is 1.16. The van der Waals surface area contributed by atoms with Crippen LogP contribution in [-0.2, 0) is 6.61 Å². The zero-order chi connectivity index (χ0) is 10.8. The van der Waals surface area contributed by atoms with Gasteiger partial charge in [-0.15, -0.1) is 0 Å². The van der Waals surface area contributed by atoms with E-state index in [1.807, 2.05) is 0 Å². The van der Waals surface area contributed by atoms with E-state index < -0.39 is 0 Å². The van der Waals surface area contributed by atoms with Crippen molar-refractivity contribution in [3.8, 4) is 11.3 Å². The van der Waals surface area contributed by atoms with Crippen LogP contribution in [0.2, 0.25) is 10.2 Å². The molecular weight excluding hydrogens is 239 g/mol. The summed E-state index contributed by atoms with van der Waals surface area (Å²) in [5.41, 5.74) is 1.07. The second-order valence-corrected chi connectivity index (χ2v) is 3.55. The topological polar surface area (TPSA) is 59.2 Å². The first-order valence-corrected chi connectivity index (χ1v) is 4.82. The van der Waals surface area contributed by atoms with Crippen molar-refractivity contribution in [3.05, 3.63) is 34.5 Å². The molecule has 0 saturated carbocycles. The summed E-state index contributed by atoms with van der Waals surface area (Å²) in [5.74, 6) is 0.448. The minimum atomic E-state index is -0.202. The molecule has 0 fully saturated rings. The van der Waals surface area contributed by atoms with E-state index in [1.54, 1.807) is 6.07 Å². The highest BCUT2D eigenvalue weighted by Crippen LogP contribution is 2.28. The molecule has 2 heterocycles. The highest BCUT2D eigenvalue weighted by Gasteiger charge is 2.11. The lowest BCUT2D eigenvalue weighted by Gasteiger charge is -2.00. The van der Waals surface area contributed by atoms with Crippen LogP contribution in [-0.4, -0.2) is 15.1 Å². The predicted octanol–water partition coefficient (Wildman–Crippen LogP) is 2.54. The average Bonchev–Trinajstić information content (AvgIpc) is 2.70. The quantitative estimate of drug-likeness (QED) is 0.826. The van der Waals surface area contributed by atoms with Gasteiger partial charge in [-0.25, -0.2) is 9.97 Å². The lowest BCUT2D eigenvalue weighted by atomic mass is 10.2. The highest BCUT2D eigenvalue weighted by molar-refractivity contribution is 6.41. The van der Waals surface area contributed by atoms with Crippen LogP contribution in [0.3, 0.4) is 0 Å². The highest BCUT2D eigenvalue weighted by atomic mass is 35.5. The summed E-state index contributed by atoms with van der Waals surface area (Å²) in [5, 5.41) is 9.55. The Bertz CT molecular complexity index is 485. The molecule has 0 aliphatic heterocycles. The van der Waals surface area contributed by atoms with Gasteiger partial charge in [-0.3, -0.25) is 0 Å². The van der Waals surface area contributed by atoms with Gasteiger partial charge in [0.25, 0.3) is 0 Å². The molecule has 15 heavy (non-hydrogen) atoms. The Labute approximate surface area is 95.5 Å². The molecule has 78 valence electrons. The van der Waals surface area contributed by atoms with Crippen molar-refractivity contribution >= 4 is 23.2 Å². The van der Waals surface area contributed by atoms with Crippen LogP contribution in [0.25, 0.3) is 11.3 Å². The number of nitrogens with zero attached hydrogens (tertiary/aromatic N) is 2. The van der Waals surface area contributed by atoms with E-state index in [9.17, 15) is 0 Å². The zero-order valence-corrected chi connectivity index (χ0v) is 8.96. The summed E-state index contributed by atoms with van der Waals surface area (Å²) >= 11 is 11.5. The van der Waals surface area contributed by atoms with E-state index in [4.69, 9.17) is 32.7 Å². The number of hydrogen-bond donors (Lipinski definition) is 1. The molecule has 0 saturated heterocycles. The van der Waals surface area contributed by atoms with Crippen molar-refractivity contribution in [2.24, 2.45) is 0 Å². The molecule has 1 N–H and O–H groups in total. The van der Waals surface area contributed by atoms with Gasteiger partial charge in [0.2, 0.25) is 0 Å². The van der Waals surface area contributed by atoms with Crippen LogP contribution in [0, 0.1) is 0 Å². The Morgan fingerprint density at radius 3 is 2.80 bits per heavy atom. The van der Waals surface area contributed by atoms with E-state index >= 15 is 0 Å². The number of aliphatic hydroxyl groups is 1. The van der Waals surface area contributed by atoms with Crippen molar-refractivity contribution in [3.63, 3.8) is 0 Å². The first-order chi connectivity index (χ1) is 7.22. The third kappa shape index (κ3) is 1.97. The van der Waals surface area contributed by atoms with E-state index in [1.165, 1.54) is 12.6 Å². The SMILES string of the molecule is OCc1ncoc1-c1cnc(Cl)c(Cl)c1. The van der Waals surface area contributed by atoms with Crippen molar-refractivity contribution < 1.29 is 9.52 Å². The molecule has 0 bridgehead atoms. The number of hydrogen-bond acceptors (Lipinski definition) is 4. The van der Waals surface area contributed by atoms with Crippen molar-refractivity contribution in [1.82, 2.24) is 9.97 Å². The molecular formula is C9H6Cl2N2O2. The zero-order valence-electron chi connectivity index (χ0n) is 7.44. The largest absolute Gasteiger partial charge is 0.443 e. The van der Waals surface area contributed by atoms with Gasteiger partial charge in [0.05, 0.1) is 11.6 Å². The Kier molecular flexibility index (Phi) is 2.90. The van der Waals surface area contributed by atoms with Crippen LogP contribution >= 0.6 is 23.2 Å². The normalized spacial score (nSPS) is 10.6. The third-order valence-electron chi connectivity index (χ3n) is 1.85. The van der Waals surface area contributed by atoms with Crippen LogP contribution in [0.15, 0.2) is 23.1 Å². The van der Waals surface area contributed by atoms with Gasteiger partial charge < -0.3 is 9.52 Å².